The summed E-state index contributed by atoms with van der Waals surface area (Å²) in [5.74, 6) is -1.19. The number of hydrogen-bond acceptors (Lipinski definition) is 4. The van der Waals surface area contributed by atoms with Crippen molar-refractivity contribution >= 4 is 17.7 Å². The van der Waals surface area contributed by atoms with Crippen LogP contribution in [0.25, 0.3) is 0 Å². The van der Waals surface area contributed by atoms with Crippen molar-refractivity contribution in [1.29, 1.82) is 0 Å². The van der Waals surface area contributed by atoms with Gasteiger partial charge in [-0.2, -0.15) is 0 Å². The third-order valence-corrected chi connectivity index (χ3v) is 4.04. The second-order valence-electron chi connectivity index (χ2n) is 6.45. The van der Waals surface area contributed by atoms with Crippen LogP contribution in [0.4, 0.5) is 14.9 Å². The molecule has 0 bridgehead atoms. The molecular weight excluding hydrogens is 367 g/mol. The first kappa shape index (κ1) is 21.0. The minimum atomic E-state index is -1.01. The van der Waals surface area contributed by atoms with Gasteiger partial charge in [0.15, 0.2) is 17.2 Å². The highest BCUT2D eigenvalue weighted by atomic mass is 19.1. The van der Waals surface area contributed by atoms with E-state index in [1.807, 2.05) is 13.0 Å². The van der Waals surface area contributed by atoms with Gasteiger partial charge in [0.1, 0.15) is 5.82 Å². The summed E-state index contributed by atoms with van der Waals surface area (Å²) in [5.41, 5.74) is 1.09. The number of nitrogens with zero attached hydrogens (tertiary/aromatic N) is 1. The SMILES string of the molecule is COc1cc(C)ccc1Oc1ccc(F)cc1NC(=O)N(C)CC(C)C(=O)O. The Kier molecular flexibility index (Phi) is 6.81. The Balaban J connectivity index is 2.23. The normalized spacial score (nSPS) is 11.5. The Hall–Kier alpha value is -3.29. The summed E-state index contributed by atoms with van der Waals surface area (Å²) in [4.78, 5) is 24.5. The summed E-state index contributed by atoms with van der Waals surface area (Å²) in [7, 11) is 2.96. The van der Waals surface area contributed by atoms with Gasteiger partial charge in [-0.3, -0.25) is 4.79 Å². The number of carbonyl (C=O) groups is 2. The minimum Gasteiger partial charge on any atom is -0.493 e. The summed E-state index contributed by atoms with van der Waals surface area (Å²) < 4.78 is 24.8. The van der Waals surface area contributed by atoms with Gasteiger partial charge >= 0.3 is 12.0 Å². The van der Waals surface area contributed by atoms with Gasteiger partial charge in [-0.1, -0.05) is 13.0 Å². The summed E-state index contributed by atoms with van der Waals surface area (Å²) in [5, 5.41) is 11.5. The molecule has 1 unspecified atom stereocenters. The van der Waals surface area contributed by atoms with Gasteiger partial charge in [-0.15, -0.1) is 0 Å². The second-order valence-corrected chi connectivity index (χ2v) is 6.45. The van der Waals surface area contributed by atoms with E-state index in [2.05, 4.69) is 5.32 Å². The summed E-state index contributed by atoms with van der Waals surface area (Å²) in [6.45, 7) is 3.40. The number of nitrogens with one attached hydrogen (secondary N) is 1. The van der Waals surface area contributed by atoms with E-state index in [4.69, 9.17) is 14.6 Å². The van der Waals surface area contributed by atoms with E-state index in [-0.39, 0.29) is 18.0 Å². The van der Waals surface area contributed by atoms with Gasteiger partial charge in [-0.05, 0) is 36.8 Å². The molecule has 0 aliphatic rings. The summed E-state index contributed by atoms with van der Waals surface area (Å²) in [6, 6.07) is 8.48. The molecule has 0 radical (unpaired) electrons. The zero-order valence-electron chi connectivity index (χ0n) is 16.2. The second kappa shape index (κ2) is 9.07. The van der Waals surface area contributed by atoms with Crippen LogP contribution in [0.3, 0.4) is 0 Å². The van der Waals surface area contributed by atoms with E-state index in [0.29, 0.717) is 11.5 Å². The zero-order chi connectivity index (χ0) is 20.8. The zero-order valence-corrected chi connectivity index (χ0v) is 16.2. The van der Waals surface area contributed by atoms with Crippen LogP contribution in [0.2, 0.25) is 0 Å². The minimum absolute atomic E-state index is 0.00153. The molecule has 2 aromatic carbocycles. The fraction of sp³-hybridized carbons (Fsp3) is 0.300. The molecule has 2 aromatic rings. The Bertz CT molecular complexity index is 872. The molecule has 8 heteroatoms. The summed E-state index contributed by atoms with van der Waals surface area (Å²) in [6.07, 6.45) is 0. The Labute approximate surface area is 162 Å². The molecule has 0 spiro atoms. The number of anilines is 1. The van der Waals surface area contributed by atoms with E-state index in [0.717, 1.165) is 11.6 Å². The number of carboxylic acids is 1. The van der Waals surface area contributed by atoms with Crippen molar-refractivity contribution in [2.24, 2.45) is 5.92 Å². The van der Waals surface area contributed by atoms with Crippen molar-refractivity contribution in [3.63, 3.8) is 0 Å². The number of halogens is 1. The van der Waals surface area contributed by atoms with Crippen LogP contribution in [0.1, 0.15) is 12.5 Å². The van der Waals surface area contributed by atoms with Crippen LogP contribution >= 0.6 is 0 Å². The Morgan fingerprint density at radius 3 is 2.50 bits per heavy atom. The average molecular weight is 390 g/mol. The Morgan fingerprint density at radius 1 is 1.18 bits per heavy atom. The van der Waals surface area contributed by atoms with Crippen LogP contribution in [-0.4, -0.2) is 42.7 Å². The quantitative estimate of drug-likeness (QED) is 0.743. The molecule has 2 amide bonds. The fourth-order valence-electron chi connectivity index (χ4n) is 2.45. The highest BCUT2D eigenvalue weighted by Crippen LogP contribution is 2.36. The molecule has 1 atom stereocenters. The van der Waals surface area contributed by atoms with Gasteiger partial charge in [0.2, 0.25) is 0 Å². The van der Waals surface area contributed by atoms with E-state index in [1.54, 1.807) is 12.1 Å². The number of methoxy groups -OCH3 is 1. The lowest BCUT2D eigenvalue weighted by Crippen LogP contribution is -2.36. The van der Waals surface area contributed by atoms with Crippen molar-refractivity contribution in [3.05, 3.63) is 47.8 Å². The standard InChI is InChI=1S/C20H23FN2O5/c1-12-5-7-17(18(9-12)27-4)28-16-8-6-14(21)10-15(16)22-20(26)23(3)11-13(2)19(24)25/h5-10,13H,11H2,1-4H3,(H,22,26)(H,24,25). The predicted molar refractivity (Wildman–Crippen MR) is 103 cm³/mol. The fourth-order valence-corrected chi connectivity index (χ4v) is 2.45. The van der Waals surface area contributed by atoms with Crippen molar-refractivity contribution in [3.8, 4) is 17.2 Å². The van der Waals surface area contributed by atoms with E-state index in [1.165, 1.54) is 38.1 Å². The maximum absolute atomic E-state index is 13.7. The van der Waals surface area contributed by atoms with Crippen LogP contribution in [0, 0.1) is 18.7 Å². The molecule has 0 heterocycles. The van der Waals surface area contributed by atoms with Gasteiger partial charge in [0.05, 0.1) is 18.7 Å². The van der Waals surface area contributed by atoms with Gasteiger partial charge < -0.3 is 24.8 Å². The van der Waals surface area contributed by atoms with Crippen LogP contribution in [-0.2, 0) is 4.79 Å². The number of urea groups is 1. The largest absolute Gasteiger partial charge is 0.493 e. The molecule has 0 aliphatic heterocycles. The van der Waals surface area contributed by atoms with Gasteiger partial charge in [-0.25, -0.2) is 9.18 Å². The number of aryl methyl sites for hydroxylation is 1. The molecule has 0 saturated carbocycles. The third-order valence-electron chi connectivity index (χ3n) is 4.04. The molecule has 7 nitrogen and oxygen atoms in total. The van der Waals surface area contributed by atoms with Crippen molar-refractivity contribution < 1.29 is 28.6 Å². The van der Waals surface area contributed by atoms with Crippen LogP contribution in [0.15, 0.2) is 36.4 Å². The highest BCUT2D eigenvalue weighted by molar-refractivity contribution is 5.91. The van der Waals surface area contributed by atoms with Crippen molar-refractivity contribution in [2.75, 3.05) is 26.0 Å². The van der Waals surface area contributed by atoms with Gasteiger partial charge in [0.25, 0.3) is 0 Å². The first-order chi connectivity index (χ1) is 13.2. The topological polar surface area (TPSA) is 88.1 Å². The third kappa shape index (κ3) is 5.35. The molecule has 0 saturated heterocycles. The van der Waals surface area contributed by atoms with Crippen molar-refractivity contribution in [2.45, 2.75) is 13.8 Å². The van der Waals surface area contributed by atoms with Crippen LogP contribution in [0.5, 0.6) is 17.2 Å². The molecule has 2 N–H and O–H groups in total. The first-order valence-corrected chi connectivity index (χ1v) is 8.58. The Morgan fingerprint density at radius 2 is 1.86 bits per heavy atom. The van der Waals surface area contributed by atoms with E-state index in [9.17, 15) is 14.0 Å². The molecule has 0 aliphatic carbocycles. The average Bonchev–Trinajstić information content (AvgIpc) is 2.64. The molecule has 2 rings (SSSR count). The smallest absolute Gasteiger partial charge is 0.321 e. The number of carbonyl (C=O) groups excluding carboxylic acids is 1. The lowest BCUT2D eigenvalue weighted by molar-refractivity contribution is -0.141. The molecular formula is C20H23FN2O5. The lowest BCUT2D eigenvalue weighted by Gasteiger charge is -2.21. The number of ether oxygens (including phenoxy) is 2. The van der Waals surface area contributed by atoms with E-state index >= 15 is 0 Å². The monoisotopic (exact) mass is 390 g/mol. The number of rotatable bonds is 7. The first-order valence-electron chi connectivity index (χ1n) is 8.58. The molecule has 28 heavy (non-hydrogen) atoms. The summed E-state index contributed by atoms with van der Waals surface area (Å²) >= 11 is 0. The number of hydrogen-bond donors (Lipinski definition) is 2. The number of aliphatic carboxylic acids is 1. The lowest BCUT2D eigenvalue weighted by atomic mass is 10.2. The van der Waals surface area contributed by atoms with Crippen LogP contribution < -0.4 is 14.8 Å². The maximum atomic E-state index is 13.7. The van der Waals surface area contributed by atoms with E-state index < -0.39 is 23.7 Å². The number of benzene rings is 2. The molecule has 150 valence electrons. The van der Waals surface area contributed by atoms with Gasteiger partial charge in [0, 0.05) is 19.7 Å². The molecule has 0 aromatic heterocycles. The number of carboxylic acid groups (broad SMARTS) is 1. The maximum Gasteiger partial charge on any atom is 0.321 e. The predicted octanol–water partition coefficient (Wildman–Crippen LogP) is 4.12. The molecule has 0 fully saturated rings. The van der Waals surface area contributed by atoms with Crippen molar-refractivity contribution in [1.82, 2.24) is 4.90 Å². The number of amides is 2. The highest BCUT2D eigenvalue weighted by Gasteiger charge is 2.19.